The van der Waals surface area contributed by atoms with Crippen molar-refractivity contribution >= 4 is 38.6 Å². The summed E-state index contributed by atoms with van der Waals surface area (Å²) in [5, 5.41) is 10.6. The predicted octanol–water partition coefficient (Wildman–Crippen LogP) is 5.30. The van der Waals surface area contributed by atoms with Crippen LogP contribution in [-0.2, 0) is 6.61 Å². The first kappa shape index (κ1) is 18.2. The maximum absolute atomic E-state index is 13.9. The van der Waals surface area contributed by atoms with Crippen LogP contribution in [0.2, 0.25) is 0 Å². The minimum absolute atomic E-state index is 0.107. The molecule has 0 bridgehead atoms. The van der Waals surface area contributed by atoms with E-state index in [2.05, 4.69) is 31.4 Å². The first-order chi connectivity index (χ1) is 13.6. The van der Waals surface area contributed by atoms with E-state index in [4.69, 9.17) is 4.74 Å². The van der Waals surface area contributed by atoms with Crippen molar-refractivity contribution in [2.45, 2.75) is 6.61 Å². The van der Waals surface area contributed by atoms with E-state index in [1.807, 2.05) is 6.07 Å². The maximum Gasteiger partial charge on any atom is 0.256 e. The van der Waals surface area contributed by atoms with Crippen molar-refractivity contribution in [3.8, 4) is 5.75 Å². The summed E-state index contributed by atoms with van der Waals surface area (Å²) < 4.78 is 20.3. The van der Waals surface area contributed by atoms with Gasteiger partial charge in [-0.3, -0.25) is 9.89 Å². The molecule has 1 aromatic heterocycles. The molecule has 0 aliphatic carbocycles. The fourth-order valence-electron chi connectivity index (χ4n) is 2.75. The molecule has 28 heavy (non-hydrogen) atoms. The van der Waals surface area contributed by atoms with E-state index in [0.717, 1.165) is 5.39 Å². The summed E-state index contributed by atoms with van der Waals surface area (Å²) in [6.07, 6.45) is 0. The molecule has 1 amide bonds. The lowest BCUT2D eigenvalue weighted by Crippen LogP contribution is -2.12. The average Bonchev–Trinajstić information content (AvgIpc) is 3.10. The Kier molecular flexibility index (Phi) is 5.08. The Hall–Kier alpha value is -3.19. The number of rotatable bonds is 5. The molecule has 4 aromatic rings. The number of benzene rings is 3. The van der Waals surface area contributed by atoms with Gasteiger partial charge >= 0.3 is 0 Å². The largest absolute Gasteiger partial charge is 0.489 e. The van der Waals surface area contributed by atoms with E-state index in [1.165, 1.54) is 6.07 Å². The molecular weight excluding hydrogens is 425 g/mol. The van der Waals surface area contributed by atoms with Crippen LogP contribution in [0.1, 0.15) is 15.9 Å². The Balaban J connectivity index is 1.49. The van der Waals surface area contributed by atoms with Gasteiger partial charge in [0.25, 0.3) is 5.91 Å². The Morgan fingerprint density at radius 2 is 1.93 bits per heavy atom. The van der Waals surface area contributed by atoms with Crippen molar-refractivity contribution in [3.05, 3.63) is 88.1 Å². The second-order valence-corrected chi connectivity index (χ2v) is 7.04. The molecule has 0 spiro atoms. The van der Waals surface area contributed by atoms with E-state index in [1.54, 1.807) is 54.6 Å². The number of carbonyl (C=O) groups excluding carboxylic acids is 1. The number of fused-ring (bicyclic) bond motifs is 1. The highest BCUT2D eigenvalue weighted by Crippen LogP contribution is 2.26. The fourth-order valence-corrected chi connectivity index (χ4v) is 3.09. The van der Waals surface area contributed by atoms with E-state index < -0.39 is 0 Å². The summed E-state index contributed by atoms with van der Waals surface area (Å²) >= 11 is 3.23. The third-order valence-electron chi connectivity index (χ3n) is 4.21. The van der Waals surface area contributed by atoms with Crippen LogP contribution < -0.4 is 10.1 Å². The molecule has 0 unspecified atom stereocenters. The number of hydrogen-bond donors (Lipinski definition) is 2. The predicted molar refractivity (Wildman–Crippen MR) is 109 cm³/mol. The molecule has 7 heteroatoms. The van der Waals surface area contributed by atoms with E-state index in [9.17, 15) is 9.18 Å². The van der Waals surface area contributed by atoms with Gasteiger partial charge in [0, 0.05) is 27.1 Å². The van der Waals surface area contributed by atoms with E-state index in [-0.39, 0.29) is 18.3 Å². The van der Waals surface area contributed by atoms with Gasteiger partial charge in [-0.15, -0.1) is 0 Å². The van der Waals surface area contributed by atoms with Crippen LogP contribution in [0.5, 0.6) is 5.75 Å². The van der Waals surface area contributed by atoms with Gasteiger partial charge in [0.05, 0.1) is 5.52 Å². The SMILES string of the molecule is O=C(Nc1n[nH]c2cc(OCc3ccc(Br)cc3F)ccc12)c1ccccc1. The molecule has 0 aliphatic rings. The van der Waals surface area contributed by atoms with Gasteiger partial charge in [-0.1, -0.05) is 40.2 Å². The number of aromatic nitrogens is 2. The van der Waals surface area contributed by atoms with Crippen LogP contribution in [0.15, 0.2) is 71.2 Å². The van der Waals surface area contributed by atoms with Crippen LogP contribution in [-0.4, -0.2) is 16.1 Å². The van der Waals surface area contributed by atoms with Gasteiger partial charge in [-0.2, -0.15) is 5.10 Å². The minimum Gasteiger partial charge on any atom is -0.489 e. The molecule has 5 nitrogen and oxygen atoms in total. The van der Waals surface area contributed by atoms with Crippen molar-refractivity contribution in [2.24, 2.45) is 0 Å². The average molecular weight is 440 g/mol. The number of carbonyl (C=O) groups is 1. The highest BCUT2D eigenvalue weighted by Gasteiger charge is 2.12. The van der Waals surface area contributed by atoms with Crippen molar-refractivity contribution in [2.75, 3.05) is 5.32 Å². The highest BCUT2D eigenvalue weighted by molar-refractivity contribution is 9.10. The number of ether oxygens (including phenoxy) is 1. The van der Waals surface area contributed by atoms with Crippen LogP contribution in [0.4, 0.5) is 10.2 Å². The summed E-state index contributed by atoms with van der Waals surface area (Å²) in [6, 6.07) is 19.1. The topological polar surface area (TPSA) is 67.0 Å². The molecule has 2 N–H and O–H groups in total. The smallest absolute Gasteiger partial charge is 0.256 e. The number of aromatic amines is 1. The summed E-state index contributed by atoms with van der Waals surface area (Å²) in [5.74, 6) is 0.441. The first-order valence-electron chi connectivity index (χ1n) is 8.51. The zero-order chi connectivity index (χ0) is 19.5. The van der Waals surface area contributed by atoms with Crippen molar-refractivity contribution in [1.29, 1.82) is 0 Å². The lowest BCUT2D eigenvalue weighted by molar-refractivity contribution is 0.102. The van der Waals surface area contributed by atoms with Crippen LogP contribution >= 0.6 is 15.9 Å². The highest BCUT2D eigenvalue weighted by atomic mass is 79.9. The van der Waals surface area contributed by atoms with Crippen LogP contribution in [0.3, 0.4) is 0 Å². The second-order valence-electron chi connectivity index (χ2n) is 6.12. The van der Waals surface area contributed by atoms with E-state index in [0.29, 0.717) is 32.7 Å². The van der Waals surface area contributed by atoms with Gasteiger partial charge < -0.3 is 10.1 Å². The Morgan fingerprint density at radius 3 is 2.71 bits per heavy atom. The molecule has 0 saturated carbocycles. The van der Waals surface area contributed by atoms with Gasteiger partial charge in [0.1, 0.15) is 18.2 Å². The molecule has 0 aliphatic heterocycles. The Morgan fingerprint density at radius 1 is 1.11 bits per heavy atom. The molecule has 0 saturated heterocycles. The number of halogens is 2. The molecule has 0 fully saturated rings. The number of nitrogens with zero attached hydrogens (tertiary/aromatic N) is 1. The lowest BCUT2D eigenvalue weighted by Gasteiger charge is -2.08. The molecule has 140 valence electrons. The first-order valence-corrected chi connectivity index (χ1v) is 9.31. The zero-order valence-electron chi connectivity index (χ0n) is 14.6. The second kappa shape index (κ2) is 7.82. The van der Waals surface area contributed by atoms with Crippen molar-refractivity contribution < 1.29 is 13.9 Å². The number of amides is 1. The third kappa shape index (κ3) is 3.89. The number of H-pyrrole nitrogens is 1. The normalized spacial score (nSPS) is 10.8. The molecule has 4 rings (SSSR count). The standard InChI is InChI=1S/C21H15BrFN3O2/c22-15-7-6-14(18(23)10-15)12-28-16-8-9-17-19(11-16)25-26-20(17)24-21(27)13-4-2-1-3-5-13/h1-11H,12H2,(H2,24,25,26,27). The molecule has 0 atom stereocenters. The van der Waals surface area contributed by atoms with Gasteiger partial charge in [-0.25, -0.2) is 4.39 Å². The fraction of sp³-hybridized carbons (Fsp3) is 0.0476. The molecular formula is C21H15BrFN3O2. The van der Waals surface area contributed by atoms with Crippen molar-refractivity contribution in [1.82, 2.24) is 10.2 Å². The molecule has 3 aromatic carbocycles. The number of hydrogen-bond acceptors (Lipinski definition) is 3. The number of anilines is 1. The third-order valence-corrected chi connectivity index (χ3v) is 4.70. The Labute approximate surface area is 168 Å². The lowest BCUT2D eigenvalue weighted by atomic mass is 10.2. The summed E-state index contributed by atoms with van der Waals surface area (Å²) in [6.45, 7) is 0.107. The maximum atomic E-state index is 13.9. The molecule has 0 radical (unpaired) electrons. The van der Waals surface area contributed by atoms with Crippen LogP contribution in [0.25, 0.3) is 10.9 Å². The Bertz CT molecular complexity index is 1150. The van der Waals surface area contributed by atoms with Crippen molar-refractivity contribution in [3.63, 3.8) is 0 Å². The summed E-state index contributed by atoms with van der Waals surface area (Å²) in [5.41, 5.74) is 1.72. The monoisotopic (exact) mass is 439 g/mol. The minimum atomic E-state index is -0.331. The summed E-state index contributed by atoms with van der Waals surface area (Å²) in [7, 11) is 0. The zero-order valence-corrected chi connectivity index (χ0v) is 16.2. The van der Waals surface area contributed by atoms with Crippen LogP contribution in [0, 0.1) is 5.82 Å². The van der Waals surface area contributed by atoms with Gasteiger partial charge in [-0.05, 0) is 36.4 Å². The summed E-state index contributed by atoms with van der Waals surface area (Å²) in [4.78, 5) is 12.3. The van der Waals surface area contributed by atoms with Gasteiger partial charge in [0.15, 0.2) is 5.82 Å². The molecule has 1 heterocycles. The quantitative estimate of drug-likeness (QED) is 0.443. The van der Waals surface area contributed by atoms with Gasteiger partial charge in [0.2, 0.25) is 0 Å². The van der Waals surface area contributed by atoms with E-state index >= 15 is 0 Å². The number of nitrogens with one attached hydrogen (secondary N) is 2.